The Bertz CT molecular complexity index is 552. The van der Waals surface area contributed by atoms with Crippen molar-refractivity contribution < 1.29 is 23.6 Å². The van der Waals surface area contributed by atoms with Crippen molar-refractivity contribution in [3.8, 4) is 0 Å². The van der Waals surface area contributed by atoms with Crippen molar-refractivity contribution >= 4 is 17.6 Å². The van der Waals surface area contributed by atoms with E-state index in [2.05, 4.69) is 0 Å². The van der Waals surface area contributed by atoms with E-state index in [1.165, 1.54) is 0 Å². The number of anilines is 1. The lowest BCUT2D eigenvalue weighted by molar-refractivity contribution is -0.133. The molecular weight excluding hydrogens is 256 g/mol. The van der Waals surface area contributed by atoms with Crippen molar-refractivity contribution in [1.29, 1.82) is 0 Å². The second-order valence-electron chi connectivity index (χ2n) is 4.18. The van der Waals surface area contributed by atoms with Crippen LogP contribution in [-0.4, -0.2) is 17.0 Å². The number of aliphatic carboxylic acids is 1. The molecule has 0 bridgehead atoms. The molecule has 1 aliphatic carbocycles. The smallest absolute Gasteiger partial charge is 0.332 e. The average molecular weight is 267 g/mol. The maximum atomic E-state index is 13.9. The van der Waals surface area contributed by atoms with E-state index < -0.39 is 17.7 Å². The Kier molecular flexibility index (Phi) is 3.59. The number of carbonyl (C=O) groups is 2. The highest BCUT2D eigenvalue weighted by molar-refractivity contribution is 6.09. The van der Waals surface area contributed by atoms with Crippen molar-refractivity contribution in [3.05, 3.63) is 41.2 Å². The predicted molar refractivity (Wildman–Crippen MR) is 63.5 cm³/mol. The van der Waals surface area contributed by atoms with E-state index in [-0.39, 0.29) is 34.8 Å². The van der Waals surface area contributed by atoms with E-state index >= 15 is 0 Å². The number of benzene rings is 1. The van der Waals surface area contributed by atoms with Crippen LogP contribution < -0.4 is 5.12 Å². The molecule has 0 heterocycles. The molecule has 6 heteroatoms. The molecule has 0 aliphatic heterocycles. The Morgan fingerprint density at radius 1 is 1.11 bits per heavy atom. The van der Waals surface area contributed by atoms with E-state index in [1.54, 1.807) is 0 Å². The standard InChI is InChI=1S/C13H11F2NO3/c14-8-4-6-9(7-5-8)16(15)12(17)10-2-1-3-11(10)13(18)19/h4-7H,1-3H2,(H,18,19). The Morgan fingerprint density at radius 2 is 1.68 bits per heavy atom. The highest BCUT2D eigenvalue weighted by Crippen LogP contribution is 2.29. The predicted octanol–water partition coefficient (Wildman–Crippen LogP) is 2.61. The minimum Gasteiger partial charge on any atom is -0.478 e. The molecule has 100 valence electrons. The maximum absolute atomic E-state index is 13.9. The lowest BCUT2D eigenvalue weighted by Crippen LogP contribution is -2.24. The lowest BCUT2D eigenvalue weighted by Gasteiger charge is -2.13. The molecule has 0 spiro atoms. The van der Waals surface area contributed by atoms with Crippen LogP contribution in [-0.2, 0) is 9.59 Å². The van der Waals surface area contributed by atoms with Gasteiger partial charge in [0, 0.05) is 11.1 Å². The minimum absolute atomic E-state index is 0.0284. The van der Waals surface area contributed by atoms with Crippen molar-refractivity contribution in [1.82, 2.24) is 0 Å². The number of hydrogen-bond acceptors (Lipinski definition) is 2. The van der Waals surface area contributed by atoms with Crippen molar-refractivity contribution in [2.24, 2.45) is 0 Å². The summed E-state index contributed by atoms with van der Waals surface area (Å²) < 4.78 is 26.6. The summed E-state index contributed by atoms with van der Waals surface area (Å²) in [7, 11) is 0. The summed E-state index contributed by atoms with van der Waals surface area (Å²) in [6, 6.07) is 4.28. The molecule has 1 N–H and O–H groups in total. The number of amides is 1. The van der Waals surface area contributed by atoms with Crippen molar-refractivity contribution in [3.63, 3.8) is 0 Å². The van der Waals surface area contributed by atoms with E-state index in [1.807, 2.05) is 0 Å². The van der Waals surface area contributed by atoms with Gasteiger partial charge in [-0.15, -0.1) is 5.12 Å². The Hall–Kier alpha value is -2.24. The molecule has 0 fully saturated rings. The van der Waals surface area contributed by atoms with Gasteiger partial charge in [-0.3, -0.25) is 4.79 Å². The molecular formula is C13H11F2NO3. The summed E-state index contributed by atoms with van der Waals surface area (Å²) >= 11 is 0. The fourth-order valence-corrected chi connectivity index (χ4v) is 2.02. The zero-order valence-electron chi connectivity index (χ0n) is 9.90. The number of halogens is 2. The zero-order chi connectivity index (χ0) is 14.0. The van der Waals surface area contributed by atoms with Gasteiger partial charge in [0.15, 0.2) is 0 Å². The van der Waals surface area contributed by atoms with Gasteiger partial charge in [0.25, 0.3) is 5.91 Å². The second-order valence-corrected chi connectivity index (χ2v) is 4.18. The maximum Gasteiger partial charge on any atom is 0.332 e. The Labute approximate surface area is 107 Å². The average Bonchev–Trinajstić information content (AvgIpc) is 2.87. The van der Waals surface area contributed by atoms with Crippen molar-refractivity contribution in [2.75, 3.05) is 5.12 Å². The van der Waals surface area contributed by atoms with Crippen LogP contribution in [0.5, 0.6) is 0 Å². The molecule has 2 rings (SSSR count). The number of rotatable bonds is 3. The molecule has 19 heavy (non-hydrogen) atoms. The third kappa shape index (κ3) is 2.62. The van der Waals surface area contributed by atoms with Gasteiger partial charge in [-0.05, 0) is 43.5 Å². The third-order valence-electron chi connectivity index (χ3n) is 2.97. The second kappa shape index (κ2) is 5.17. The fraction of sp³-hybridized carbons (Fsp3) is 0.231. The summed E-state index contributed by atoms with van der Waals surface area (Å²) in [4.78, 5) is 22.8. The van der Waals surface area contributed by atoms with Crippen LogP contribution in [0, 0.1) is 5.82 Å². The largest absolute Gasteiger partial charge is 0.478 e. The topological polar surface area (TPSA) is 57.6 Å². The zero-order valence-corrected chi connectivity index (χ0v) is 9.90. The number of hydrogen-bond donors (Lipinski definition) is 1. The van der Waals surface area contributed by atoms with E-state index in [0.29, 0.717) is 6.42 Å². The highest BCUT2D eigenvalue weighted by atomic mass is 19.2. The first-order chi connectivity index (χ1) is 9.00. The van der Waals surface area contributed by atoms with Crippen LogP contribution >= 0.6 is 0 Å². The normalized spacial score (nSPS) is 14.6. The van der Waals surface area contributed by atoms with Gasteiger partial charge in [0.2, 0.25) is 0 Å². The van der Waals surface area contributed by atoms with Crippen LogP contribution in [0.15, 0.2) is 35.4 Å². The molecule has 0 atom stereocenters. The van der Waals surface area contributed by atoms with Crippen LogP contribution in [0.3, 0.4) is 0 Å². The molecule has 0 aromatic heterocycles. The van der Waals surface area contributed by atoms with Gasteiger partial charge in [0.05, 0.1) is 5.69 Å². The molecule has 1 aliphatic rings. The quantitative estimate of drug-likeness (QED) is 0.856. The Morgan fingerprint density at radius 3 is 2.26 bits per heavy atom. The number of carboxylic acids is 1. The summed E-state index contributed by atoms with van der Waals surface area (Å²) in [5.41, 5.74) is -0.204. The van der Waals surface area contributed by atoms with Crippen LogP contribution in [0.2, 0.25) is 0 Å². The SMILES string of the molecule is O=C(O)C1=C(C(=O)N(F)c2ccc(F)cc2)CCC1. The first-order valence-corrected chi connectivity index (χ1v) is 5.72. The molecule has 0 radical (unpaired) electrons. The first-order valence-electron chi connectivity index (χ1n) is 5.72. The molecule has 1 aromatic rings. The minimum atomic E-state index is -1.20. The summed E-state index contributed by atoms with van der Waals surface area (Å²) in [6.45, 7) is 0. The molecule has 0 unspecified atom stereocenters. The first kappa shape index (κ1) is 13.2. The molecule has 0 saturated carbocycles. The van der Waals surface area contributed by atoms with Gasteiger partial charge in [-0.2, -0.15) is 0 Å². The number of nitrogens with zero attached hydrogens (tertiary/aromatic N) is 1. The van der Waals surface area contributed by atoms with E-state index in [0.717, 1.165) is 24.3 Å². The van der Waals surface area contributed by atoms with Crippen molar-refractivity contribution in [2.45, 2.75) is 19.3 Å². The molecule has 0 saturated heterocycles. The van der Waals surface area contributed by atoms with Gasteiger partial charge < -0.3 is 5.11 Å². The van der Waals surface area contributed by atoms with Crippen LogP contribution in [0.4, 0.5) is 14.6 Å². The Balaban J connectivity index is 2.26. The van der Waals surface area contributed by atoms with E-state index in [9.17, 15) is 18.5 Å². The van der Waals surface area contributed by atoms with Gasteiger partial charge in [-0.1, -0.05) is 4.48 Å². The van der Waals surface area contributed by atoms with Gasteiger partial charge in [-0.25, -0.2) is 9.18 Å². The number of carboxylic acid groups (broad SMARTS) is 1. The highest BCUT2D eigenvalue weighted by Gasteiger charge is 2.29. The summed E-state index contributed by atoms with van der Waals surface area (Å²) in [5, 5.41) is 8.77. The number of carbonyl (C=O) groups excluding carboxylic acids is 1. The van der Waals surface area contributed by atoms with Gasteiger partial charge >= 0.3 is 5.97 Å². The molecule has 1 amide bonds. The summed E-state index contributed by atoms with van der Waals surface area (Å²) in [5.74, 6) is -2.74. The molecule has 4 nitrogen and oxygen atoms in total. The fourth-order valence-electron chi connectivity index (χ4n) is 2.02. The third-order valence-corrected chi connectivity index (χ3v) is 2.97. The van der Waals surface area contributed by atoms with E-state index in [4.69, 9.17) is 5.11 Å². The lowest BCUT2D eigenvalue weighted by atomic mass is 10.1. The van der Waals surface area contributed by atoms with Gasteiger partial charge in [0.1, 0.15) is 5.82 Å². The van der Waals surface area contributed by atoms with Crippen LogP contribution in [0.1, 0.15) is 19.3 Å². The summed E-state index contributed by atoms with van der Waals surface area (Å²) in [6.07, 6.45) is 1.01. The molecule has 1 aromatic carbocycles. The monoisotopic (exact) mass is 267 g/mol. The van der Waals surface area contributed by atoms with Crippen LogP contribution in [0.25, 0.3) is 0 Å².